The largest absolute Gasteiger partial charge is 0.379 e. The molecule has 0 radical (unpaired) electrons. The zero-order chi connectivity index (χ0) is 14.8. The first-order valence-electron chi connectivity index (χ1n) is 6.97. The molecule has 1 unspecified atom stereocenters. The average Bonchev–Trinajstić information content (AvgIpc) is 2.99. The van der Waals surface area contributed by atoms with Crippen LogP contribution in [0.3, 0.4) is 0 Å². The van der Waals surface area contributed by atoms with Gasteiger partial charge in [0.25, 0.3) is 5.91 Å². The molecule has 21 heavy (non-hydrogen) atoms. The van der Waals surface area contributed by atoms with E-state index in [9.17, 15) is 4.79 Å². The smallest absolute Gasteiger partial charge is 0.278 e. The fraction of sp³-hybridized carbons (Fsp3) is 0.583. The number of aromatic nitrogens is 5. The van der Waals surface area contributed by atoms with Crippen LogP contribution in [0.4, 0.5) is 5.82 Å². The molecule has 0 bridgehead atoms. The van der Waals surface area contributed by atoms with Crippen LogP contribution in [0.25, 0.3) is 0 Å². The molecule has 0 spiro atoms. The molecule has 1 aliphatic rings. The van der Waals surface area contributed by atoms with Crippen LogP contribution in [-0.4, -0.2) is 31.0 Å². The van der Waals surface area contributed by atoms with Gasteiger partial charge in [-0.05, 0) is 30.1 Å². The van der Waals surface area contributed by atoms with Gasteiger partial charge in [0.1, 0.15) is 5.82 Å². The molecule has 3 N–H and O–H groups in total. The van der Waals surface area contributed by atoms with Crippen molar-refractivity contribution in [1.82, 2.24) is 30.4 Å². The van der Waals surface area contributed by atoms with Gasteiger partial charge in [-0.25, -0.2) is 4.63 Å². The summed E-state index contributed by atoms with van der Waals surface area (Å²) in [6, 6.07) is -0.298. The number of hydrogen-bond acceptors (Lipinski definition) is 7. The van der Waals surface area contributed by atoms with Crippen LogP contribution in [0.2, 0.25) is 0 Å². The Labute approximate surface area is 120 Å². The lowest BCUT2D eigenvalue weighted by molar-refractivity contribution is 0.0928. The van der Waals surface area contributed by atoms with E-state index in [1.807, 2.05) is 6.92 Å². The summed E-state index contributed by atoms with van der Waals surface area (Å²) in [5.74, 6) is 1.26. The Kier molecular flexibility index (Phi) is 3.55. The summed E-state index contributed by atoms with van der Waals surface area (Å²) in [6.07, 6.45) is 4.33. The van der Waals surface area contributed by atoms with Crippen molar-refractivity contribution in [3.8, 4) is 0 Å². The van der Waals surface area contributed by atoms with Crippen LogP contribution in [-0.2, 0) is 13.0 Å². The number of fused-ring (bicyclic) bond motifs is 1. The number of carbonyl (C=O) groups excluding carboxylic acids is 1. The molecular formula is C12H17N7O2. The van der Waals surface area contributed by atoms with Crippen LogP contribution in [0, 0.1) is 0 Å². The third-order valence-corrected chi connectivity index (χ3v) is 3.60. The molecule has 0 aromatic carbocycles. The number of aryl methyl sites for hydroxylation is 1. The van der Waals surface area contributed by atoms with Gasteiger partial charge in [0.05, 0.1) is 6.04 Å². The first-order chi connectivity index (χ1) is 10.2. The molecule has 0 saturated heterocycles. The standard InChI is InChI=1S/C12H17N7O2/c1-7(14-12(20)9-10(13)18-21-17-9)11-16-15-8-5-3-2-4-6-19(8)11/h7H,2-6H2,1H3,(H2,13,18)(H,14,20). The van der Waals surface area contributed by atoms with Gasteiger partial charge in [0.2, 0.25) is 11.5 Å². The molecule has 0 fully saturated rings. The lowest BCUT2D eigenvalue weighted by Crippen LogP contribution is -2.29. The minimum Gasteiger partial charge on any atom is -0.379 e. The average molecular weight is 291 g/mol. The summed E-state index contributed by atoms with van der Waals surface area (Å²) in [4.78, 5) is 12.1. The van der Waals surface area contributed by atoms with E-state index in [4.69, 9.17) is 5.73 Å². The fourth-order valence-electron chi connectivity index (χ4n) is 2.51. The zero-order valence-electron chi connectivity index (χ0n) is 11.7. The van der Waals surface area contributed by atoms with Crippen LogP contribution in [0.5, 0.6) is 0 Å². The lowest BCUT2D eigenvalue weighted by atomic mass is 10.2. The summed E-state index contributed by atoms with van der Waals surface area (Å²) in [5, 5.41) is 18.1. The van der Waals surface area contributed by atoms with Gasteiger partial charge in [-0.1, -0.05) is 6.42 Å². The van der Waals surface area contributed by atoms with Gasteiger partial charge in [-0.3, -0.25) is 4.79 Å². The van der Waals surface area contributed by atoms with Crippen LogP contribution < -0.4 is 11.1 Å². The van der Waals surface area contributed by atoms with Crippen molar-refractivity contribution in [2.75, 3.05) is 5.73 Å². The maximum Gasteiger partial charge on any atom is 0.278 e. The molecule has 1 aliphatic heterocycles. The van der Waals surface area contributed by atoms with Gasteiger partial charge in [-0.2, -0.15) is 0 Å². The van der Waals surface area contributed by atoms with E-state index < -0.39 is 5.91 Å². The van der Waals surface area contributed by atoms with Crippen molar-refractivity contribution >= 4 is 11.7 Å². The molecule has 1 atom stereocenters. The van der Waals surface area contributed by atoms with Crippen molar-refractivity contribution in [3.05, 3.63) is 17.3 Å². The number of nitrogens with one attached hydrogen (secondary N) is 1. The van der Waals surface area contributed by atoms with Crippen molar-refractivity contribution in [1.29, 1.82) is 0 Å². The molecular weight excluding hydrogens is 274 g/mol. The quantitative estimate of drug-likeness (QED) is 0.841. The predicted molar refractivity (Wildman–Crippen MR) is 72.2 cm³/mol. The number of carbonyl (C=O) groups is 1. The lowest BCUT2D eigenvalue weighted by Gasteiger charge is -2.14. The van der Waals surface area contributed by atoms with Gasteiger partial charge in [0.15, 0.2) is 5.82 Å². The number of nitrogens with zero attached hydrogens (tertiary/aromatic N) is 5. The number of amides is 1. The molecule has 3 rings (SSSR count). The van der Waals surface area contributed by atoms with E-state index in [-0.39, 0.29) is 17.6 Å². The first-order valence-corrected chi connectivity index (χ1v) is 6.97. The molecule has 0 saturated carbocycles. The third kappa shape index (κ3) is 2.58. The predicted octanol–water partition coefficient (Wildman–Crippen LogP) is 0.461. The van der Waals surface area contributed by atoms with E-state index in [1.165, 1.54) is 6.42 Å². The molecule has 2 aromatic rings. The maximum atomic E-state index is 12.1. The first kappa shape index (κ1) is 13.5. The van der Waals surface area contributed by atoms with Gasteiger partial charge in [0, 0.05) is 13.0 Å². The maximum absolute atomic E-state index is 12.1. The van der Waals surface area contributed by atoms with Crippen molar-refractivity contribution in [3.63, 3.8) is 0 Å². The molecule has 9 heteroatoms. The van der Waals surface area contributed by atoms with Crippen LogP contribution in [0.1, 0.15) is 54.4 Å². The Bertz CT molecular complexity index is 648. The summed E-state index contributed by atoms with van der Waals surface area (Å²) in [5.41, 5.74) is 5.49. The highest BCUT2D eigenvalue weighted by Gasteiger charge is 2.23. The highest BCUT2D eigenvalue weighted by atomic mass is 16.6. The molecule has 3 heterocycles. The summed E-state index contributed by atoms with van der Waals surface area (Å²) < 4.78 is 6.51. The molecule has 1 amide bonds. The second-order valence-corrected chi connectivity index (χ2v) is 5.13. The van der Waals surface area contributed by atoms with Gasteiger partial charge in [-0.15, -0.1) is 10.2 Å². The summed E-state index contributed by atoms with van der Waals surface area (Å²) >= 11 is 0. The number of hydrogen-bond donors (Lipinski definition) is 2. The molecule has 2 aromatic heterocycles. The molecule has 9 nitrogen and oxygen atoms in total. The molecule has 0 aliphatic carbocycles. The second-order valence-electron chi connectivity index (χ2n) is 5.13. The highest BCUT2D eigenvalue weighted by molar-refractivity contribution is 5.96. The number of nitrogens with two attached hydrogens (primary N) is 1. The van der Waals surface area contributed by atoms with Crippen LogP contribution in [0.15, 0.2) is 4.63 Å². The van der Waals surface area contributed by atoms with Crippen LogP contribution >= 0.6 is 0 Å². The SMILES string of the molecule is CC(NC(=O)c1nonc1N)c1nnc2n1CCCCC2. The van der Waals surface area contributed by atoms with E-state index in [1.54, 1.807) is 0 Å². The number of anilines is 1. The monoisotopic (exact) mass is 291 g/mol. The fourth-order valence-corrected chi connectivity index (χ4v) is 2.51. The Balaban J connectivity index is 1.77. The minimum absolute atomic E-state index is 0.0162. The van der Waals surface area contributed by atoms with E-state index in [0.29, 0.717) is 0 Å². The minimum atomic E-state index is -0.438. The highest BCUT2D eigenvalue weighted by Crippen LogP contribution is 2.19. The topological polar surface area (TPSA) is 125 Å². The molecule has 112 valence electrons. The Morgan fingerprint density at radius 3 is 2.95 bits per heavy atom. The normalized spacial score (nSPS) is 16.0. The summed E-state index contributed by atoms with van der Waals surface area (Å²) in [7, 11) is 0. The number of nitrogen functional groups attached to an aromatic ring is 1. The Hall–Kier alpha value is -2.45. The van der Waals surface area contributed by atoms with Gasteiger partial charge < -0.3 is 15.6 Å². The summed E-state index contributed by atoms with van der Waals surface area (Å²) in [6.45, 7) is 2.73. The van der Waals surface area contributed by atoms with Gasteiger partial charge >= 0.3 is 0 Å². The van der Waals surface area contributed by atoms with Crippen molar-refractivity contribution in [2.24, 2.45) is 0 Å². The van der Waals surface area contributed by atoms with E-state index >= 15 is 0 Å². The second kappa shape index (κ2) is 5.51. The van der Waals surface area contributed by atoms with E-state index in [0.717, 1.165) is 37.5 Å². The number of rotatable bonds is 3. The van der Waals surface area contributed by atoms with E-state index in [2.05, 4.69) is 35.0 Å². The third-order valence-electron chi connectivity index (χ3n) is 3.60. The Morgan fingerprint density at radius 1 is 1.33 bits per heavy atom. The van der Waals surface area contributed by atoms with Crippen molar-refractivity contribution in [2.45, 2.75) is 45.2 Å². The Morgan fingerprint density at radius 2 is 2.19 bits per heavy atom. The zero-order valence-corrected chi connectivity index (χ0v) is 11.7. The van der Waals surface area contributed by atoms with Crippen molar-refractivity contribution < 1.29 is 9.42 Å².